The highest BCUT2D eigenvalue weighted by Crippen LogP contribution is 2.42. The molecular formula is C19H15ClN4O3S. The molecule has 1 aliphatic heterocycles. The number of benzene rings is 1. The third-order valence-electron chi connectivity index (χ3n) is 5.01. The summed E-state index contributed by atoms with van der Waals surface area (Å²) in [5, 5.41) is 16.8. The van der Waals surface area contributed by atoms with Gasteiger partial charge in [0.25, 0.3) is 5.91 Å². The number of imide groups is 1. The van der Waals surface area contributed by atoms with Gasteiger partial charge in [0.2, 0.25) is 5.91 Å². The summed E-state index contributed by atoms with van der Waals surface area (Å²) in [6, 6.07) is 7.71. The van der Waals surface area contributed by atoms with Gasteiger partial charge in [-0.3, -0.25) is 14.5 Å². The number of carbonyl (C=O) groups excluding carboxylic acids is 3. The highest BCUT2D eigenvalue weighted by atomic mass is 35.5. The van der Waals surface area contributed by atoms with E-state index in [1.807, 2.05) is 17.5 Å². The smallest absolute Gasteiger partial charge is 0.323 e. The van der Waals surface area contributed by atoms with Crippen molar-refractivity contribution in [3.8, 4) is 6.07 Å². The third kappa shape index (κ3) is 2.93. The van der Waals surface area contributed by atoms with E-state index < -0.39 is 29.9 Å². The molecule has 0 radical (unpaired) electrons. The first-order chi connectivity index (χ1) is 13.4. The zero-order valence-corrected chi connectivity index (χ0v) is 16.2. The number of thiophene rings is 1. The van der Waals surface area contributed by atoms with E-state index >= 15 is 0 Å². The molecular weight excluding hydrogens is 400 g/mol. The molecule has 7 nitrogen and oxygen atoms in total. The third-order valence-corrected chi connectivity index (χ3v) is 6.23. The summed E-state index contributed by atoms with van der Waals surface area (Å²) in [5.41, 5.74) is 0.214. The molecule has 1 spiro atoms. The van der Waals surface area contributed by atoms with Crippen LogP contribution in [0, 0.1) is 11.3 Å². The first-order valence-electron chi connectivity index (χ1n) is 8.65. The molecule has 9 heteroatoms. The van der Waals surface area contributed by atoms with Gasteiger partial charge in [-0.25, -0.2) is 4.79 Å². The number of amides is 4. The van der Waals surface area contributed by atoms with Crippen molar-refractivity contribution in [2.24, 2.45) is 0 Å². The summed E-state index contributed by atoms with van der Waals surface area (Å²) in [6.45, 7) is -0.441. The molecule has 0 bridgehead atoms. The van der Waals surface area contributed by atoms with Crippen LogP contribution in [0.4, 0.5) is 10.5 Å². The van der Waals surface area contributed by atoms with Gasteiger partial charge in [0, 0.05) is 15.5 Å². The number of nitrogens with zero attached hydrogens (tertiary/aromatic N) is 2. The molecule has 1 unspecified atom stereocenters. The van der Waals surface area contributed by atoms with Crippen molar-refractivity contribution in [3.63, 3.8) is 0 Å². The van der Waals surface area contributed by atoms with Crippen LogP contribution in [-0.2, 0) is 21.5 Å². The van der Waals surface area contributed by atoms with Gasteiger partial charge < -0.3 is 10.6 Å². The number of carbonyl (C=O) groups is 3. The van der Waals surface area contributed by atoms with Gasteiger partial charge in [-0.2, -0.15) is 5.26 Å². The molecule has 2 aliphatic rings. The number of hydrogen-bond donors (Lipinski definition) is 2. The predicted octanol–water partition coefficient (Wildman–Crippen LogP) is 3.00. The molecule has 1 aromatic carbocycles. The minimum Gasteiger partial charge on any atom is -0.323 e. The van der Waals surface area contributed by atoms with Gasteiger partial charge in [-0.05, 0) is 48.9 Å². The number of hydrogen-bond acceptors (Lipinski definition) is 5. The molecule has 1 fully saturated rings. The van der Waals surface area contributed by atoms with Crippen molar-refractivity contribution in [2.45, 2.75) is 24.8 Å². The van der Waals surface area contributed by atoms with Gasteiger partial charge in [-0.15, -0.1) is 11.3 Å². The standard InChI is InChI=1S/C19H15ClN4O3S/c20-12-4-3-11(9-21)14(8-12)22-16(25)10-24-17(26)19(23-18(24)27)6-1-2-15-13(19)5-7-28-15/h3-5,7-8H,1-2,6,10H2,(H,22,25)(H,23,27). The second-order valence-electron chi connectivity index (χ2n) is 6.69. The van der Waals surface area contributed by atoms with Crippen LogP contribution in [0.1, 0.15) is 28.8 Å². The maximum Gasteiger partial charge on any atom is 0.325 e. The number of rotatable bonds is 3. The van der Waals surface area contributed by atoms with Gasteiger partial charge in [0.1, 0.15) is 18.2 Å². The number of fused-ring (bicyclic) bond motifs is 2. The number of anilines is 1. The summed E-state index contributed by atoms with van der Waals surface area (Å²) < 4.78 is 0. The van der Waals surface area contributed by atoms with E-state index in [1.54, 1.807) is 17.4 Å². The van der Waals surface area contributed by atoms with E-state index in [2.05, 4.69) is 10.6 Å². The second kappa shape index (κ2) is 6.93. The van der Waals surface area contributed by atoms with Crippen LogP contribution in [-0.4, -0.2) is 29.3 Å². The van der Waals surface area contributed by atoms with Gasteiger partial charge in [0.05, 0.1) is 11.3 Å². The van der Waals surface area contributed by atoms with Crippen LogP contribution < -0.4 is 10.6 Å². The summed E-state index contributed by atoms with van der Waals surface area (Å²) >= 11 is 7.49. The summed E-state index contributed by atoms with van der Waals surface area (Å²) in [4.78, 5) is 40.1. The minimum atomic E-state index is -1.08. The lowest BCUT2D eigenvalue weighted by Gasteiger charge is -2.31. The Labute approximate surface area is 169 Å². The fourth-order valence-electron chi connectivity index (χ4n) is 3.74. The molecule has 28 heavy (non-hydrogen) atoms. The lowest BCUT2D eigenvalue weighted by Crippen LogP contribution is -2.46. The molecule has 0 saturated carbocycles. The van der Waals surface area contributed by atoms with Crippen LogP contribution in [0.2, 0.25) is 5.02 Å². The Morgan fingerprint density at radius 1 is 1.39 bits per heavy atom. The Hall–Kier alpha value is -2.89. The zero-order chi connectivity index (χ0) is 19.9. The van der Waals surface area contributed by atoms with Crippen molar-refractivity contribution < 1.29 is 14.4 Å². The van der Waals surface area contributed by atoms with Crippen LogP contribution in [0.25, 0.3) is 0 Å². The summed E-state index contributed by atoms with van der Waals surface area (Å²) in [7, 11) is 0. The Kier molecular flexibility index (Phi) is 4.57. The topological polar surface area (TPSA) is 102 Å². The number of halogens is 1. The Bertz CT molecular complexity index is 1040. The fraction of sp³-hybridized carbons (Fsp3) is 0.263. The van der Waals surface area contributed by atoms with E-state index in [1.165, 1.54) is 12.1 Å². The van der Waals surface area contributed by atoms with Crippen molar-refractivity contribution in [3.05, 3.63) is 50.7 Å². The lowest BCUT2D eigenvalue weighted by atomic mass is 9.80. The predicted molar refractivity (Wildman–Crippen MR) is 104 cm³/mol. The van der Waals surface area contributed by atoms with Crippen LogP contribution in [0.15, 0.2) is 29.6 Å². The normalized spacial score (nSPS) is 20.6. The second-order valence-corrected chi connectivity index (χ2v) is 8.12. The number of urea groups is 1. The molecule has 1 aliphatic carbocycles. The van der Waals surface area contributed by atoms with E-state index in [4.69, 9.17) is 16.9 Å². The van der Waals surface area contributed by atoms with Crippen molar-refractivity contribution in [1.82, 2.24) is 10.2 Å². The highest BCUT2D eigenvalue weighted by molar-refractivity contribution is 7.10. The van der Waals surface area contributed by atoms with Crippen molar-refractivity contribution >= 4 is 46.5 Å². The molecule has 4 rings (SSSR count). The number of nitriles is 1. The summed E-state index contributed by atoms with van der Waals surface area (Å²) in [5.74, 6) is -1.00. The maximum absolute atomic E-state index is 13.1. The molecule has 2 heterocycles. The Morgan fingerprint density at radius 2 is 2.21 bits per heavy atom. The van der Waals surface area contributed by atoms with Crippen molar-refractivity contribution in [2.75, 3.05) is 11.9 Å². The minimum absolute atomic E-state index is 0.236. The van der Waals surface area contributed by atoms with Crippen LogP contribution >= 0.6 is 22.9 Å². The Morgan fingerprint density at radius 3 is 3.00 bits per heavy atom. The first kappa shape index (κ1) is 18.5. The monoisotopic (exact) mass is 414 g/mol. The van der Waals surface area contributed by atoms with E-state index in [-0.39, 0.29) is 11.3 Å². The molecule has 1 atom stereocenters. The van der Waals surface area contributed by atoms with Crippen LogP contribution in [0.3, 0.4) is 0 Å². The Balaban J connectivity index is 1.55. The fourth-order valence-corrected chi connectivity index (χ4v) is 4.91. The van der Waals surface area contributed by atoms with E-state index in [9.17, 15) is 14.4 Å². The molecule has 142 valence electrons. The van der Waals surface area contributed by atoms with Gasteiger partial charge in [0.15, 0.2) is 0 Å². The number of nitrogens with one attached hydrogen (secondary N) is 2. The van der Waals surface area contributed by atoms with E-state index in [0.717, 1.165) is 28.2 Å². The van der Waals surface area contributed by atoms with Crippen molar-refractivity contribution in [1.29, 1.82) is 5.26 Å². The van der Waals surface area contributed by atoms with E-state index in [0.29, 0.717) is 11.4 Å². The first-order valence-corrected chi connectivity index (χ1v) is 9.91. The SMILES string of the molecule is N#Cc1ccc(Cl)cc1NC(=O)CN1C(=O)NC2(CCCc3sccc32)C1=O. The highest BCUT2D eigenvalue weighted by Gasteiger charge is 2.54. The largest absolute Gasteiger partial charge is 0.325 e. The average molecular weight is 415 g/mol. The maximum atomic E-state index is 13.1. The van der Waals surface area contributed by atoms with Gasteiger partial charge >= 0.3 is 6.03 Å². The molecule has 1 aromatic heterocycles. The molecule has 4 amide bonds. The molecule has 1 saturated heterocycles. The van der Waals surface area contributed by atoms with Gasteiger partial charge in [-0.1, -0.05) is 11.6 Å². The molecule has 2 N–H and O–H groups in total. The quantitative estimate of drug-likeness (QED) is 0.753. The lowest BCUT2D eigenvalue weighted by molar-refractivity contribution is -0.134. The summed E-state index contributed by atoms with van der Waals surface area (Å²) in [6.07, 6.45) is 2.17. The van der Waals surface area contributed by atoms with Crippen LogP contribution in [0.5, 0.6) is 0 Å². The number of aryl methyl sites for hydroxylation is 1. The average Bonchev–Trinajstić information content (AvgIpc) is 3.23. The zero-order valence-electron chi connectivity index (χ0n) is 14.6. The molecule has 2 aromatic rings.